The van der Waals surface area contributed by atoms with Gasteiger partial charge in [0.05, 0.1) is 37.8 Å². The molecule has 0 aromatic carbocycles. The Balaban J connectivity index is 1.99. The van der Waals surface area contributed by atoms with E-state index in [-0.39, 0.29) is 47.3 Å². The zero-order valence-electron chi connectivity index (χ0n) is 18.3. The molecule has 0 radical (unpaired) electrons. The molecule has 7 nitrogen and oxygen atoms in total. The van der Waals surface area contributed by atoms with Gasteiger partial charge in [0.25, 0.3) is 5.91 Å². The van der Waals surface area contributed by atoms with E-state index in [2.05, 4.69) is 25.9 Å². The molecule has 1 saturated carbocycles. The Hall–Kier alpha value is -2.33. The number of fused-ring (bicyclic) bond motifs is 1. The maximum absolute atomic E-state index is 13.8. The highest BCUT2D eigenvalue weighted by Gasteiger charge is 2.38. The van der Waals surface area contributed by atoms with Crippen molar-refractivity contribution in [2.24, 2.45) is 5.73 Å². The molecular weight excluding hydrogens is 520 g/mol. The van der Waals surface area contributed by atoms with E-state index in [1.807, 2.05) is 20.8 Å². The first kappa shape index (κ1) is 23.8. The van der Waals surface area contributed by atoms with Crippen LogP contribution in [-0.2, 0) is 5.41 Å². The summed E-state index contributed by atoms with van der Waals surface area (Å²) >= 11 is 10.2. The summed E-state index contributed by atoms with van der Waals surface area (Å²) in [6.45, 7) is 5.86. The molecule has 3 aromatic rings. The monoisotopic (exact) mass is 541 g/mol. The minimum absolute atomic E-state index is 0.0520. The Morgan fingerprint density at radius 3 is 2.55 bits per heavy atom. The van der Waals surface area contributed by atoms with Gasteiger partial charge in [-0.05, 0) is 34.8 Å². The molecule has 0 unspecified atom stereocenters. The smallest absolute Gasteiger partial charge is 0.268 e. The van der Waals surface area contributed by atoms with Gasteiger partial charge in [0.2, 0.25) is 11.4 Å². The van der Waals surface area contributed by atoms with Gasteiger partial charge >= 0.3 is 0 Å². The van der Waals surface area contributed by atoms with Crippen molar-refractivity contribution >= 4 is 44.3 Å². The second-order valence-corrected chi connectivity index (χ2v) is 10.6. The number of carbonyl (C=O) groups is 1. The van der Waals surface area contributed by atoms with Gasteiger partial charge in [0.1, 0.15) is 11.4 Å². The molecule has 1 amide bonds. The average Bonchev–Trinajstić information content (AvgIpc) is 3.07. The second-order valence-electron chi connectivity index (χ2n) is 9.38. The van der Waals surface area contributed by atoms with E-state index in [4.69, 9.17) is 22.4 Å². The highest BCUT2D eigenvalue weighted by molar-refractivity contribution is 9.10. The van der Waals surface area contributed by atoms with Crippen molar-refractivity contribution in [2.75, 3.05) is 0 Å². The molecule has 0 spiro atoms. The zero-order chi connectivity index (χ0) is 24.3. The molecule has 11 heteroatoms. The number of carbonyl (C=O) groups excluding carboxylic acids is 1. The lowest BCUT2D eigenvalue weighted by atomic mass is 9.91. The molecule has 0 bridgehead atoms. The van der Waals surface area contributed by atoms with Crippen molar-refractivity contribution in [3.8, 4) is 11.4 Å². The van der Waals surface area contributed by atoms with Gasteiger partial charge in [-0.15, -0.1) is 0 Å². The molecule has 3 heterocycles. The van der Waals surface area contributed by atoms with E-state index in [9.17, 15) is 18.4 Å². The fourth-order valence-corrected chi connectivity index (χ4v) is 5.20. The van der Waals surface area contributed by atoms with E-state index in [0.717, 1.165) is 0 Å². The van der Waals surface area contributed by atoms with Crippen LogP contribution in [0.4, 0.5) is 8.78 Å². The van der Waals surface area contributed by atoms with E-state index in [1.54, 1.807) is 10.7 Å². The van der Waals surface area contributed by atoms with Crippen LogP contribution in [0.25, 0.3) is 22.3 Å². The van der Waals surface area contributed by atoms with Gasteiger partial charge < -0.3 is 10.7 Å². The quantitative estimate of drug-likeness (QED) is 0.465. The second kappa shape index (κ2) is 8.16. The standard InChI is InChI=1S/C22H23BrClF2N5O2/c1-21(2,3)19-14(24)17(31(30-19)10-4-7-22(25,26)8-5-10)16-13(23)18(32)12-11(29-16)6-9-28-15(12)20(27)33/h6,9-10H,4-5,7-8H2,1-3H3,(H2,27,33)(H,29,32). The molecule has 0 saturated heterocycles. The van der Waals surface area contributed by atoms with Crippen LogP contribution in [0.3, 0.4) is 0 Å². The fraction of sp³-hybridized carbons (Fsp3) is 0.455. The van der Waals surface area contributed by atoms with Crippen molar-refractivity contribution in [3.63, 3.8) is 0 Å². The van der Waals surface area contributed by atoms with Crippen LogP contribution in [0.1, 0.15) is 68.7 Å². The number of pyridine rings is 2. The van der Waals surface area contributed by atoms with E-state index < -0.39 is 22.7 Å². The molecule has 1 aliphatic carbocycles. The number of amides is 1. The SMILES string of the molecule is CC(C)(C)c1nn(C2CCC(F)(F)CC2)c(-c2[nH]c3ccnc(C(N)=O)c3c(=O)c2Br)c1Cl. The van der Waals surface area contributed by atoms with E-state index in [1.165, 1.54) is 6.20 Å². The predicted octanol–water partition coefficient (Wildman–Crippen LogP) is 5.35. The number of hydrogen-bond donors (Lipinski definition) is 2. The summed E-state index contributed by atoms with van der Waals surface area (Å²) in [7, 11) is 0. The molecule has 33 heavy (non-hydrogen) atoms. The molecule has 3 N–H and O–H groups in total. The summed E-state index contributed by atoms with van der Waals surface area (Å²) in [4.78, 5) is 32.2. The summed E-state index contributed by atoms with van der Waals surface area (Å²) in [5.74, 6) is -3.52. The van der Waals surface area contributed by atoms with Crippen LogP contribution in [-0.4, -0.2) is 31.6 Å². The number of aromatic amines is 1. The summed E-state index contributed by atoms with van der Waals surface area (Å²) in [5, 5.41) is 5.12. The van der Waals surface area contributed by atoms with Crippen LogP contribution in [0, 0.1) is 0 Å². The Kier molecular flexibility index (Phi) is 5.89. The third-order valence-corrected chi connectivity index (χ3v) is 7.04. The van der Waals surface area contributed by atoms with Crippen molar-refractivity contribution in [3.05, 3.63) is 43.4 Å². The summed E-state index contributed by atoms with van der Waals surface area (Å²) in [6, 6.07) is 1.25. The number of nitrogens with zero attached hydrogens (tertiary/aromatic N) is 3. The Morgan fingerprint density at radius 2 is 1.97 bits per heavy atom. The third kappa shape index (κ3) is 4.19. The van der Waals surface area contributed by atoms with Crippen LogP contribution in [0.15, 0.2) is 21.5 Å². The van der Waals surface area contributed by atoms with Gasteiger partial charge in [-0.25, -0.2) is 8.78 Å². The van der Waals surface area contributed by atoms with E-state index >= 15 is 0 Å². The summed E-state index contributed by atoms with van der Waals surface area (Å²) < 4.78 is 29.4. The number of alkyl halides is 2. The average molecular weight is 543 g/mol. The van der Waals surface area contributed by atoms with Crippen LogP contribution in [0.2, 0.25) is 5.02 Å². The highest BCUT2D eigenvalue weighted by Crippen LogP contribution is 2.44. The van der Waals surface area contributed by atoms with Gasteiger partial charge in [-0.1, -0.05) is 32.4 Å². The molecule has 4 rings (SSSR count). The van der Waals surface area contributed by atoms with E-state index in [0.29, 0.717) is 27.6 Å². The minimum Gasteiger partial charge on any atom is -0.364 e. The third-order valence-electron chi connectivity index (χ3n) is 5.92. The first-order valence-electron chi connectivity index (χ1n) is 10.5. The van der Waals surface area contributed by atoms with Crippen LogP contribution in [0.5, 0.6) is 0 Å². The normalized spacial score (nSPS) is 16.9. The number of hydrogen-bond acceptors (Lipinski definition) is 4. The minimum atomic E-state index is -2.70. The van der Waals surface area contributed by atoms with Gasteiger partial charge in [0.15, 0.2) is 0 Å². The van der Waals surface area contributed by atoms with Crippen molar-refractivity contribution in [1.82, 2.24) is 19.7 Å². The predicted molar refractivity (Wildman–Crippen MR) is 126 cm³/mol. The summed E-state index contributed by atoms with van der Waals surface area (Å²) in [5.41, 5.74) is 6.05. The molecule has 0 atom stereocenters. The van der Waals surface area contributed by atoms with Gasteiger partial charge in [0, 0.05) is 24.5 Å². The van der Waals surface area contributed by atoms with Gasteiger partial charge in [-0.3, -0.25) is 19.3 Å². The number of H-pyrrole nitrogens is 1. The number of nitrogens with one attached hydrogen (secondary N) is 1. The highest BCUT2D eigenvalue weighted by atomic mass is 79.9. The summed E-state index contributed by atoms with van der Waals surface area (Å²) in [6.07, 6.45) is 1.34. The fourth-order valence-electron chi connectivity index (χ4n) is 4.21. The van der Waals surface area contributed by atoms with Crippen molar-refractivity contribution < 1.29 is 13.6 Å². The first-order valence-corrected chi connectivity index (χ1v) is 11.7. The molecule has 0 aliphatic heterocycles. The van der Waals surface area contributed by atoms with Crippen LogP contribution < -0.4 is 11.2 Å². The van der Waals surface area contributed by atoms with Crippen molar-refractivity contribution in [1.29, 1.82) is 0 Å². The number of rotatable bonds is 3. The number of primary amides is 1. The number of nitrogens with two attached hydrogens (primary N) is 1. The molecule has 3 aromatic heterocycles. The maximum Gasteiger partial charge on any atom is 0.268 e. The topological polar surface area (TPSA) is 107 Å². The Morgan fingerprint density at radius 1 is 1.33 bits per heavy atom. The molecular formula is C22H23BrClF2N5O2. The maximum atomic E-state index is 13.8. The largest absolute Gasteiger partial charge is 0.364 e. The molecule has 1 fully saturated rings. The Labute approximate surface area is 201 Å². The Bertz CT molecular complexity index is 1320. The number of aromatic nitrogens is 4. The first-order chi connectivity index (χ1) is 15.3. The lowest BCUT2D eigenvalue weighted by molar-refractivity contribution is -0.0449. The lowest BCUT2D eigenvalue weighted by Gasteiger charge is -2.29. The zero-order valence-corrected chi connectivity index (χ0v) is 20.6. The molecule has 1 aliphatic rings. The van der Waals surface area contributed by atoms with Crippen molar-refractivity contribution in [2.45, 2.75) is 63.8 Å². The number of halogens is 4. The van der Waals surface area contributed by atoms with Crippen LogP contribution >= 0.6 is 27.5 Å². The lowest BCUT2D eigenvalue weighted by Crippen LogP contribution is -2.27. The molecule has 176 valence electrons. The van der Waals surface area contributed by atoms with Gasteiger partial charge in [-0.2, -0.15) is 5.10 Å².